The van der Waals surface area contributed by atoms with E-state index in [2.05, 4.69) is 21.0 Å². The minimum Gasteiger partial charge on any atom is -0.463 e. The maximum Gasteiger partial charge on any atom is 0.290 e. The van der Waals surface area contributed by atoms with Gasteiger partial charge in [0.25, 0.3) is 11.8 Å². The number of aromatic amines is 1. The molecule has 0 atom stereocenters. The zero-order valence-corrected chi connectivity index (χ0v) is 13.8. The highest BCUT2D eigenvalue weighted by atomic mass is 16.3. The molecule has 3 N–H and O–H groups in total. The standard InChI is InChI=1S/C18H15N5O3/c1-23-10-12(11-5-2-3-6-15(11)23)17(24)21-22-18(25)14-9-13(19-20-14)16-7-4-8-26-16/h2-10H,1H3,(H,19,20)(H,21,24)(H,22,25). The van der Waals surface area contributed by atoms with Gasteiger partial charge in [0.2, 0.25) is 0 Å². The molecule has 3 aromatic heterocycles. The van der Waals surface area contributed by atoms with E-state index in [9.17, 15) is 9.59 Å². The zero-order valence-electron chi connectivity index (χ0n) is 13.8. The number of rotatable bonds is 3. The van der Waals surface area contributed by atoms with Crippen molar-refractivity contribution in [3.8, 4) is 11.5 Å². The molecule has 2 amide bonds. The van der Waals surface area contributed by atoms with Gasteiger partial charge in [-0.1, -0.05) is 18.2 Å². The first-order chi connectivity index (χ1) is 12.6. The van der Waals surface area contributed by atoms with Gasteiger partial charge in [-0.3, -0.25) is 25.5 Å². The number of para-hydroxylation sites is 1. The van der Waals surface area contributed by atoms with Gasteiger partial charge in [0.15, 0.2) is 11.5 Å². The number of nitrogens with one attached hydrogen (secondary N) is 3. The van der Waals surface area contributed by atoms with Crippen LogP contribution in [0.25, 0.3) is 22.4 Å². The van der Waals surface area contributed by atoms with E-state index in [0.29, 0.717) is 17.0 Å². The van der Waals surface area contributed by atoms with Crippen LogP contribution in [-0.4, -0.2) is 26.6 Å². The molecule has 0 aliphatic heterocycles. The quantitative estimate of drug-likeness (QED) is 0.493. The summed E-state index contributed by atoms with van der Waals surface area (Å²) in [6.07, 6.45) is 3.25. The third kappa shape index (κ3) is 2.73. The van der Waals surface area contributed by atoms with Crippen LogP contribution in [0.4, 0.5) is 0 Å². The summed E-state index contributed by atoms with van der Waals surface area (Å²) in [5.41, 5.74) is 6.89. The van der Waals surface area contributed by atoms with Crippen LogP contribution in [-0.2, 0) is 7.05 Å². The van der Waals surface area contributed by atoms with Crippen molar-refractivity contribution >= 4 is 22.7 Å². The van der Waals surface area contributed by atoms with Crippen molar-refractivity contribution in [2.75, 3.05) is 0 Å². The van der Waals surface area contributed by atoms with E-state index in [-0.39, 0.29) is 5.69 Å². The Kier molecular flexibility index (Phi) is 3.77. The Labute approximate surface area is 147 Å². The number of hydrogen-bond acceptors (Lipinski definition) is 4. The number of carbonyl (C=O) groups excluding carboxylic acids is 2. The molecule has 4 rings (SSSR count). The lowest BCUT2D eigenvalue weighted by atomic mass is 10.2. The lowest BCUT2D eigenvalue weighted by Gasteiger charge is -2.04. The molecular weight excluding hydrogens is 334 g/mol. The molecule has 130 valence electrons. The number of carbonyl (C=O) groups is 2. The molecule has 0 saturated heterocycles. The van der Waals surface area contributed by atoms with E-state index >= 15 is 0 Å². The highest BCUT2D eigenvalue weighted by Gasteiger charge is 2.16. The molecule has 8 nitrogen and oxygen atoms in total. The summed E-state index contributed by atoms with van der Waals surface area (Å²) in [4.78, 5) is 24.6. The molecule has 26 heavy (non-hydrogen) atoms. The summed E-state index contributed by atoms with van der Waals surface area (Å²) in [5.74, 6) is -0.374. The predicted molar refractivity (Wildman–Crippen MR) is 94.1 cm³/mol. The summed E-state index contributed by atoms with van der Waals surface area (Å²) in [6.45, 7) is 0. The predicted octanol–water partition coefficient (Wildman–Crippen LogP) is 2.24. The molecular formula is C18H15N5O3. The number of hydrogen-bond donors (Lipinski definition) is 3. The topological polar surface area (TPSA) is 105 Å². The summed E-state index contributed by atoms with van der Waals surface area (Å²) < 4.78 is 7.09. The number of hydrazine groups is 1. The third-order valence-corrected chi connectivity index (χ3v) is 4.03. The van der Waals surface area contributed by atoms with E-state index < -0.39 is 11.8 Å². The fourth-order valence-electron chi connectivity index (χ4n) is 2.76. The summed E-state index contributed by atoms with van der Waals surface area (Å²) in [7, 11) is 1.86. The van der Waals surface area contributed by atoms with E-state index in [1.807, 2.05) is 35.9 Å². The van der Waals surface area contributed by atoms with Crippen LogP contribution < -0.4 is 10.9 Å². The third-order valence-electron chi connectivity index (χ3n) is 4.03. The molecule has 3 heterocycles. The molecule has 0 bridgehead atoms. The maximum absolute atomic E-state index is 12.4. The number of benzene rings is 1. The van der Waals surface area contributed by atoms with Crippen molar-refractivity contribution in [2.24, 2.45) is 7.05 Å². The average molecular weight is 349 g/mol. The van der Waals surface area contributed by atoms with Gasteiger partial charge in [-0.05, 0) is 18.2 Å². The molecule has 0 fully saturated rings. The van der Waals surface area contributed by atoms with Crippen molar-refractivity contribution in [1.29, 1.82) is 0 Å². The van der Waals surface area contributed by atoms with Gasteiger partial charge in [0, 0.05) is 30.2 Å². The summed E-state index contributed by atoms with van der Waals surface area (Å²) in [6, 6.07) is 12.6. The molecule has 0 radical (unpaired) electrons. The second kappa shape index (κ2) is 6.25. The van der Waals surface area contributed by atoms with Gasteiger partial charge in [-0.15, -0.1) is 0 Å². The minimum absolute atomic E-state index is 0.134. The van der Waals surface area contributed by atoms with Crippen LogP contribution in [0.5, 0.6) is 0 Å². The second-order valence-corrected chi connectivity index (χ2v) is 5.72. The number of aromatic nitrogens is 3. The second-order valence-electron chi connectivity index (χ2n) is 5.72. The number of aryl methyl sites for hydroxylation is 1. The van der Waals surface area contributed by atoms with Crippen LogP contribution in [0.1, 0.15) is 20.8 Å². The van der Waals surface area contributed by atoms with Crippen molar-refractivity contribution in [2.45, 2.75) is 0 Å². The molecule has 4 aromatic rings. The van der Waals surface area contributed by atoms with Crippen LogP contribution in [0, 0.1) is 0 Å². The molecule has 1 aromatic carbocycles. The Morgan fingerprint density at radius 1 is 1.12 bits per heavy atom. The summed E-state index contributed by atoms with van der Waals surface area (Å²) in [5, 5.41) is 7.45. The maximum atomic E-state index is 12.4. The van der Waals surface area contributed by atoms with Crippen molar-refractivity contribution < 1.29 is 14.0 Å². The minimum atomic E-state index is -0.535. The lowest BCUT2D eigenvalue weighted by Crippen LogP contribution is -2.41. The van der Waals surface area contributed by atoms with Gasteiger partial charge in [-0.25, -0.2) is 0 Å². The molecule has 0 spiro atoms. The van der Waals surface area contributed by atoms with Crippen LogP contribution >= 0.6 is 0 Å². The average Bonchev–Trinajstić information content (AvgIpc) is 3.39. The first kappa shape index (κ1) is 15.7. The van der Waals surface area contributed by atoms with Crippen LogP contribution in [0.15, 0.2) is 59.3 Å². The number of nitrogens with zero attached hydrogens (tertiary/aromatic N) is 2. The molecule has 0 unspecified atom stereocenters. The monoisotopic (exact) mass is 349 g/mol. The van der Waals surface area contributed by atoms with Crippen LogP contribution in [0.2, 0.25) is 0 Å². The Bertz CT molecular complexity index is 1090. The normalized spacial score (nSPS) is 10.8. The lowest BCUT2D eigenvalue weighted by molar-refractivity contribution is 0.0844. The fraction of sp³-hybridized carbons (Fsp3) is 0.0556. The van der Waals surface area contributed by atoms with E-state index in [1.165, 1.54) is 12.3 Å². The SMILES string of the molecule is Cn1cc(C(=O)NNC(=O)c2cc(-c3ccco3)[nH]n2)c2ccccc21. The van der Waals surface area contributed by atoms with Crippen molar-refractivity contribution in [1.82, 2.24) is 25.6 Å². The summed E-state index contributed by atoms with van der Waals surface area (Å²) >= 11 is 0. The van der Waals surface area contributed by atoms with Gasteiger partial charge in [0.1, 0.15) is 5.69 Å². The van der Waals surface area contributed by atoms with Gasteiger partial charge >= 0.3 is 0 Å². The van der Waals surface area contributed by atoms with Gasteiger partial charge in [0.05, 0.1) is 11.8 Å². The molecule has 0 aliphatic rings. The van der Waals surface area contributed by atoms with Crippen LogP contribution in [0.3, 0.4) is 0 Å². The largest absolute Gasteiger partial charge is 0.463 e. The smallest absolute Gasteiger partial charge is 0.290 e. The highest BCUT2D eigenvalue weighted by molar-refractivity contribution is 6.07. The number of fused-ring (bicyclic) bond motifs is 1. The highest BCUT2D eigenvalue weighted by Crippen LogP contribution is 2.20. The van der Waals surface area contributed by atoms with Crippen molar-refractivity contribution in [3.05, 3.63) is 66.2 Å². The van der Waals surface area contributed by atoms with E-state index in [0.717, 1.165) is 10.9 Å². The number of H-pyrrole nitrogens is 1. The Morgan fingerprint density at radius 3 is 2.73 bits per heavy atom. The Morgan fingerprint density at radius 2 is 1.92 bits per heavy atom. The molecule has 0 saturated carbocycles. The van der Waals surface area contributed by atoms with E-state index in [4.69, 9.17) is 4.42 Å². The first-order valence-electron chi connectivity index (χ1n) is 7.87. The molecule has 8 heteroatoms. The number of amides is 2. The number of furan rings is 1. The first-order valence-corrected chi connectivity index (χ1v) is 7.87. The van der Waals surface area contributed by atoms with E-state index in [1.54, 1.807) is 18.3 Å². The van der Waals surface area contributed by atoms with Crippen molar-refractivity contribution in [3.63, 3.8) is 0 Å². The zero-order chi connectivity index (χ0) is 18.1. The van der Waals surface area contributed by atoms with Gasteiger partial charge in [-0.2, -0.15) is 5.10 Å². The fourth-order valence-corrected chi connectivity index (χ4v) is 2.76. The Hall–Kier alpha value is -3.81. The van der Waals surface area contributed by atoms with Gasteiger partial charge < -0.3 is 8.98 Å². The molecule has 0 aliphatic carbocycles. The Balaban J connectivity index is 1.46.